The van der Waals surface area contributed by atoms with E-state index in [1.165, 1.54) is 11.0 Å². The second kappa shape index (κ2) is 11.8. The highest BCUT2D eigenvalue weighted by atomic mass is 19.1. The Bertz CT molecular complexity index is 783. The van der Waals surface area contributed by atoms with Gasteiger partial charge in [-0.3, -0.25) is 9.59 Å². The van der Waals surface area contributed by atoms with Crippen LogP contribution in [0.5, 0.6) is 5.75 Å². The van der Waals surface area contributed by atoms with E-state index in [9.17, 15) is 14.0 Å². The number of para-hydroxylation sites is 1. The molecule has 0 radical (unpaired) electrons. The minimum atomic E-state index is -0.691. The number of carbonyl (C=O) groups is 2. The molecule has 1 atom stereocenters. The minimum absolute atomic E-state index is 0.0474. The highest BCUT2D eigenvalue weighted by Crippen LogP contribution is 2.15. The van der Waals surface area contributed by atoms with Crippen LogP contribution in [0, 0.1) is 5.82 Å². The molecule has 5 nitrogen and oxygen atoms in total. The van der Waals surface area contributed by atoms with E-state index in [2.05, 4.69) is 5.32 Å². The van der Waals surface area contributed by atoms with Crippen LogP contribution in [0.1, 0.15) is 38.7 Å². The van der Waals surface area contributed by atoms with Crippen molar-refractivity contribution in [2.75, 3.05) is 13.2 Å². The lowest BCUT2D eigenvalue weighted by atomic mass is 10.1. The van der Waals surface area contributed by atoms with Gasteiger partial charge < -0.3 is 15.0 Å². The summed E-state index contributed by atoms with van der Waals surface area (Å²) < 4.78 is 19.7. The van der Waals surface area contributed by atoms with E-state index in [0.717, 1.165) is 12.2 Å². The Morgan fingerprint density at radius 1 is 1.10 bits per heavy atom. The van der Waals surface area contributed by atoms with Crippen LogP contribution in [0.15, 0.2) is 54.6 Å². The number of ether oxygens (including phenoxy) is 1. The summed E-state index contributed by atoms with van der Waals surface area (Å²) in [6, 6.07) is 15.0. The van der Waals surface area contributed by atoms with Crippen LogP contribution < -0.4 is 10.1 Å². The molecule has 0 heterocycles. The van der Waals surface area contributed by atoms with Crippen LogP contribution in [0.3, 0.4) is 0 Å². The van der Waals surface area contributed by atoms with Crippen molar-refractivity contribution in [3.05, 3.63) is 66.0 Å². The van der Waals surface area contributed by atoms with Gasteiger partial charge in [0.15, 0.2) is 0 Å². The molecule has 2 aromatic rings. The van der Waals surface area contributed by atoms with Gasteiger partial charge in [-0.2, -0.15) is 0 Å². The van der Waals surface area contributed by atoms with Gasteiger partial charge in [0.05, 0.1) is 6.61 Å². The fourth-order valence-electron chi connectivity index (χ4n) is 2.86. The fraction of sp³-hybridized carbons (Fsp3) is 0.391. The summed E-state index contributed by atoms with van der Waals surface area (Å²) in [7, 11) is 0. The fourth-order valence-corrected chi connectivity index (χ4v) is 2.86. The Morgan fingerprint density at radius 3 is 2.48 bits per heavy atom. The average molecular weight is 400 g/mol. The predicted molar refractivity (Wildman–Crippen MR) is 111 cm³/mol. The third-order valence-electron chi connectivity index (χ3n) is 4.56. The largest absolute Gasteiger partial charge is 0.494 e. The molecule has 0 saturated heterocycles. The van der Waals surface area contributed by atoms with E-state index in [-0.39, 0.29) is 30.6 Å². The Balaban J connectivity index is 1.99. The molecule has 29 heavy (non-hydrogen) atoms. The zero-order valence-electron chi connectivity index (χ0n) is 17.1. The molecule has 2 aromatic carbocycles. The SMILES string of the molecule is CCCNC(=O)[C@H](C)N(Cc1ccccc1F)C(=O)CCCOc1ccccc1. The maximum absolute atomic E-state index is 14.1. The summed E-state index contributed by atoms with van der Waals surface area (Å²) in [5, 5.41) is 2.81. The number of amides is 2. The summed E-state index contributed by atoms with van der Waals surface area (Å²) in [5.41, 5.74) is 0.386. The highest BCUT2D eigenvalue weighted by Gasteiger charge is 2.26. The summed E-state index contributed by atoms with van der Waals surface area (Å²) in [6.07, 6.45) is 1.52. The van der Waals surface area contributed by atoms with Crippen LogP contribution in [0.2, 0.25) is 0 Å². The average Bonchev–Trinajstić information content (AvgIpc) is 2.74. The molecule has 156 valence electrons. The van der Waals surface area contributed by atoms with Crippen molar-refractivity contribution < 1.29 is 18.7 Å². The number of carbonyl (C=O) groups excluding carboxylic acids is 2. The molecule has 0 spiro atoms. The van der Waals surface area contributed by atoms with Gasteiger partial charge in [-0.25, -0.2) is 4.39 Å². The summed E-state index contributed by atoms with van der Waals surface area (Å²) >= 11 is 0. The van der Waals surface area contributed by atoms with Gasteiger partial charge in [0.1, 0.15) is 17.6 Å². The first-order chi connectivity index (χ1) is 14.0. The van der Waals surface area contributed by atoms with Gasteiger partial charge >= 0.3 is 0 Å². The topological polar surface area (TPSA) is 58.6 Å². The van der Waals surface area contributed by atoms with Gasteiger partial charge in [-0.05, 0) is 38.0 Å². The lowest BCUT2D eigenvalue weighted by Crippen LogP contribution is -2.47. The van der Waals surface area contributed by atoms with E-state index >= 15 is 0 Å². The summed E-state index contributed by atoms with van der Waals surface area (Å²) in [6.45, 7) is 4.60. The van der Waals surface area contributed by atoms with Crippen molar-refractivity contribution >= 4 is 11.8 Å². The molecule has 0 unspecified atom stereocenters. The van der Waals surface area contributed by atoms with E-state index in [1.807, 2.05) is 37.3 Å². The number of halogens is 1. The Kier molecular flexibility index (Phi) is 9.15. The maximum Gasteiger partial charge on any atom is 0.242 e. The lowest BCUT2D eigenvalue weighted by Gasteiger charge is -2.29. The van der Waals surface area contributed by atoms with Gasteiger partial charge in [0, 0.05) is 25.1 Å². The second-order valence-corrected chi connectivity index (χ2v) is 6.85. The molecule has 0 aliphatic rings. The van der Waals surface area contributed by atoms with Crippen LogP contribution in [0.25, 0.3) is 0 Å². The summed E-state index contributed by atoms with van der Waals surface area (Å²) in [5.74, 6) is -0.0875. The Morgan fingerprint density at radius 2 is 1.79 bits per heavy atom. The minimum Gasteiger partial charge on any atom is -0.494 e. The normalized spacial score (nSPS) is 11.6. The first kappa shape index (κ1) is 22.4. The molecule has 0 fully saturated rings. The molecule has 1 N–H and O–H groups in total. The number of hydrogen-bond donors (Lipinski definition) is 1. The molecule has 0 bridgehead atoms. The van der Waals surface area contributed by atoms with Gasteiger partial charge in [-0.1, -0.05) is 43.3 Å². The predicted octanol–water partition coefficient (Wildman–Crippen LogP) is 3.93. The maximum atomic E-state index is 14.1. The van der Waals surface area contributed by atoms with Crippen molar-refractivity contribution in [3.8, 4) is 5.75 Å². The van der Waals surface area contributed by atoms with Gasteiger partial charge in [0.25, 0.3) is 0 Å². The molecule has 0 aromatic heterocycles. The monoisotopic (exact) mass is 400 g/mol. The number of benzene rings is 2. The molecule has 2 rings (SSSR count). The Hall–Kier alpha value is -2.89. The number of nitrogens with one attached hydrogen (secondary N) is 1. The first-order valence-electron chi connectivity index (χ1n) is 10.0. The van der Waals surface area contributed by atoms with Crippen molar-refractivity contribution in [1.29, 1.82) is 0 Å². The smallest absolute Gasteiger partial charge is 0.242 e. The van der Waals surface area contributed by atoms with Crippen LogP contribution in [0.4, 0.5) is 4.39 Å². The van der Waals surface area contributed by atoms with Gasteiger partial charge in [-0.15, -0.1) is 0 Å². The standard InChI is InChI=1S/C23H29FN2O3/c1-3-15-25-23(28)18(2)26(17-19-10-7-8-13-21(19)24)22(27)14-9-16-29-20-11-5-4-6-12-20/h4-8,10-13,18H,3,9,14-17H2,1-2H3,(H,25,28)/t18-/m0/s1. The van der Waals surface area contributed by atoms with Crippen LogP contribution in [-0.2, 0) is 16.1 Å². The quantitative estimate of drug-likeness (QED) is 0.582. The molecular formula is C23H29FN2O3. The third kappa shape index (κ3) is 7.22. The van der Waals surface area contributed by atoms with Crippen LogP contribution >= 0.6 is 0 Å². The molecule has 0 saturated carbocycles. The molecule has 2 amide bonds. The lowest BCUT2D eigenvalue weighted by molar-refractivity contribution is -0.140. The summed E-state index contributed by atoms with van der Waals surface area (Å²) in [4.78, 5) is 26.7. The number of hydrogen-bond acceptors (Lipinski definition) is 3. The van der Waals surface area contributed by atoms with Crippen molar-refractivity contribution in [3.63, 3.8) is 0 Å². The molecule has 0 aliphatic carbocycles. The number of rotatable bonds is 11. The zero-order valence-corrected chi connectivity index (χ0v) is 17.1. The van der Waals surface area contributed by atoms with E-state index in [0.29, 0.717) is 25.1 Å². The molecular weight excluding hydrogens is 371 g/mol. The van der Waals surface area contributed by atoms with E-state index < -0.39 is 6.04 Å². The first-order valence-corrected chi connectivity index (χ1v) is 10.0. The van der Waals surface area contributed by atoms with E-state index in [4.69, 9.17) is 4.74 Å². The second-order valence-electron chi connectivity index (χ2n) is 6.85. The number of nitrogens with zero attached hydrogens (tertiary/aromatic N) is 1. The van der Waals surface area contributed by atoms with Crippen LogP contribution in [-0.4, -0.2) is 35.9 Å². The molecule has 6 heteroatoms. The highest BCUT2D eigenvalue weighted by molar-refractivity contribution is 5.87. The van der Waals surface area contributed by atoms with Gasteiger partial charge in [0.2, 0.25) is 11.8 Å². The third-order valence-corrected chi connectivity index (χ3v) is 4.56. The Labute approximate surface area is 171 Å². The van der Waals surface area contributed by atoms with E-state index in [1.54, 1.807) is 25.1 Å². The molecule has 0 aliphatic heterocycles. The van der Waals surface area contributed by atoms with Crippen molar-refractivity contribution in [2.24, 2.45) is 0 Å². The zero-order chi connectivity index (χ0) is 21.1. The van der Waals surface area contributed by atoms with Crippen molar-refractivity contribution in [2.45, 2.75) is 45.7 Å². The van der Waals surface area contributed by atoms with Crippen molar-refractivity contribution in [1.82, 2.24) is 10.2 Å².